The molecule has 0 aliphatic heterocycles. The number of ether oxygens (including phenoxy) is 1. The van der Waals surface area contributed by atoms with Crippen molar-refractivity contribution in [2.24, 2.45) is 0 Å². The van der Waals surface area contributed by atoms with Crippen molar-refractivity contribution in [2.45, 2.75) is 70.6 Å². The summed E-state index contributed by atoms with van der Waals surface area (Å²) in [6, 6.07) is 18.1. The van der Waals surface area contributed by atoms with E-state index in [-0.39, 0.29) is 29.8 Å². The molecule has 0 fully saturated rings. The number of amides is 1. The van der Waals surface area contributed by atoms with Crippen LogP contribution in [0, 0.1) is 6.92 Å². The molecule has 1 atom stereocenters. The quantitative estimate of drug-likeness (QED) is 0.413. The number of carbonyl (C=O) groups excluding carboxylic acids is 1. The fraction of sp³-hybridized carbons (Fsp3) is 0.400. The molecule has 170 valence electrons. The van der Waals surface area contributed by atoms with E-state index in [2.05, 4.69) is 10.2 Å². The van der Waals surface area contributed by atoms with Gasteiger partial charge in [-0.15, -0.1) is 10.2 Å². The Balaban J connectivity index is 1.88. The lowest BCUT2D eigenvalue weighted by atomic mass is 10.2. The molecule has 0 saturated carbocycles. The molecule has 3 rings (SSSR count). The van der Waals surface area contributed by atoms with Crippen LogP contribution in [0.3, 0.4) is 0 Å². The summed E-state index contributed by atoms with van der Waals surface area (Å²) in [6.45, 7) is 12.4. The lowest BCUT2D eigenvalue weighted by Crippen LogP contribution is -2.45. The predicted molar refractivity (Wildman–Crippen MR) is 129 cm³/mol. The first-order valence-electron chi connectivity index (χ1n) is 11.0. The second-order valence-electron chi connectivity index (χ2n) is 8.32. The second-order valence-corrected chi connectivity index (χ2v) is 9.62. The number of aromatic nitrogens is 3. The van der Waals surface area contributed by atoms with Crippen LogP contribution in [0.1, 0.15) is 46.0 Å². The van der Waals surface area contributed by atoms with Gasteiger partial charge in [0.15, 0.2) is 11.0 Å². The van der Waals surface area contributed by atoms with Gasteiger partial charge in [0.25, 0.3) is 0 Å². The van der Waals surface area contributed by atoms with Crippen molar-refractivity contribution in [3.8, 4) is 11.4 Å². The molecule has 1 unspecified atom stereocenters. The van der Waals surface area contributed by atoms with Gasteiger partial charge in [-0.2, -0.15) is 0 Å². The Bertz CT molecular complexity index is 1030. The second kappa shape index (κ2) is 10.7. The van der Waals surface area contributed by atoms with Crippen LogP contribution in [0.15, 0.2) is 59.8 Å². The fourth-order valence-electron chi connectivity index (χ4n) is 3.69. The zero-order valence-corrected chi connectivity index (χ0v) is 20.5. The van der Waals surface area contributed by atoms with Crippen molar-refractivity contribution in [3.05, 3.63) is 66.0 Å². The molecule has 0 aliphatic carbocycles. The Morgan fingerprint density at radius 2 is 1.59 bits per heavy atom. The van der Waals surface area contributed by atoms with Crippen molar-refractivity contribution in [1.82, 2.24) is 19.7 Å². The van der Waals surface area contributed by atoms with E-state index >= 15 is 0 Å². The van der Waals surface area contributed by atoms with Crippen molar-refractivity contribution < 1.29 is 9.53 Å². The summed E-state index contributed by atoms with van der Waals surface area (Å²) in [7, 11) is 0. The molecule has 3 aromatic rings. The molecule has 32 heavy (non-hydrogen) atoms. The highest BCUT2D eigenvalue weighted by Crippen LogP contribution is 2.28. The first kappa shape index (κ1) is 23.9. The number of aryl methyl sites for hydroxylation is 1. The minimum Gasteiger partial charge on any atom is -0.485 e. The third-order valence-corrected chi connectivity index (χ3v) is 6.19. The average Bonchev–Trinajstić information content (AvgIpc) is 3.15. The third-order valence-electron chi connectivity index (χ3n) is 5.16. The van der Waals surface area contributed by atoms with Crippen LogP contribution in [-0.2, 0) is 11.4 Å². The molecule has 0 aliphatic rings. The van der Waals surface area contributed by atoms with Crippen LogP contribution in [0.25, 0.3) is 5.69 Å². The molecule has 6 nitrogen and oxygen atoms in total. The van der Waals surface area contributed by atoms with Gasteiger partial charge in [0.05, 0.1) is 5.25 Å². The highest BCUT2D eigenvalue weighted by molar-refractivity contribution is 8.00. The zero-order chi connectivity index (χ0) is 23.3. The van der Waals surface area contributed by atoms with Crippen molar-refractivity contribution in [3.63, 3.8) is 0 Å². The maximum absolute atomic E-state index is 13.2. The lowest BCUT2D eigenvalue weighted by molar-refractivity contribution is -0.133. The summed E-state index contributed by atoms with van der Waals surface area (Å²) >= 11 is 1.42. The number of para-hydroxylation sites is 2. The molecule has 7 heteroatoms. The Kier molecular flexibility index (Phi) is 7.96. The smallest absolute Gasteiger partial charge is 0.236 e. The minimum absolute atomic E-state index is 0.0975. The number of benzene rings is 2. The summed E-state index contributed by atoms with van der Waals surface area (Å²) in [5.74, 6) is 1.60. The van der Waals surface area contributed by atoms with Gasteiger partial charge in [-0.3, -0.25) is 9.36 Å². The third kappa shape index (κ3) is 5.51. The minimum atomic E-state index is -0.295. The normalized spacial score (nSPS) is 12.2. The Hall–Kier alpha value is -2.80. The van der Waals surface area contributed by atoms with E-state index < -0.39 is 0 Å². The molecule has 0 spiro atoms. The van der Waals surface area contributed by atoms with Crippen molar-refractivity contribution in [1.29, 1.82) is 0 Å². The Labute approximate surface area is 195 Å². The van der Waals surface area contributed by atoms with Crippen LogP contribution in [0.5, 0.6) is 5.75 Å². The van der Waals surface area contributed by atoms with Crippen LogP contribution in [-0.4, -0.2) is 42.9 Å². The predicted octanol–water partition coefficient (Wildman–Crippen LogP) is 5.28. The van der Waals surface area contributed by atoms with Gasteiger partial charge in [0.1, 0.15) is 12.4 Å². The van der Waals surface area contributed by atoms with Gasteiger partial charge in [0, 0.05) is 17.8 Å². The maximum Gasteiger partial charge on any atom is 0.236 e. The first-order valence-corrected chi connectivity index (χ1v) is 11.8. The van der Waals surface area contributed by atoms with Gasteiger partial charge >= 0.3 is 0 Å². The topological polar surface area (TPSA) is 60.3 Å². The molecular formula is C25H32N4O2S. The van der Waals surface area contributed by atoms with Gasteiger partial charge in [-0.05, 0) is 65.3 Å². The lowest BCUT2D eigenvalue weighted by Gasteiger charge is -2.32. The average molecular weight is 453 g/mol. The SMILES string of the molecule is Cc1ccccc1OCc1nnc(SC(C)C(=O)N(C(C)C)C(C)C)n1-c1ccccc1. The van der Waals surface area contributed by atoms with Gasteiger partial charge in [-0.1, -0.05) is 48.2 Å². The summed E-state index contributed by atoms with van der Waals surface area (Å²) in [6.07, 6.45) is 0. The van der Waals surface area contributed by atoms with E-state index in [1.165, 1.54) is 11.8 Å². The monoisotopic (exact) mass is 452 g/mol. The van der Waals surface area contributed by atoms with E-state index in [0.717, 1.165) is 17.0 Å². The van der Waals surface area contributed by atoms with Crippen LogP contribution in [0.2, 0.25) is 0 Å². The molecule has 0 saturated heterocycles. The molecule has 1 aromatic heterocycles. The highest BCUT2D eigenvalue weighted by atomic mass is 32.2. The van der Waals surface area contributed by atoms with Gasteiger partial charge in [-0.25, -0.2) is 0 Å². The number of nitrogens with zero attached hydrogens (tertiary/aromatic N) is 4. The highest BCUT2D eigenvalue weighted by Gasteiger charge is 2.28. The number of thioether (sulfide) groups is 1. The summed E-state index contributed by atoms with van der Waals surface area (Å²) in [5, 5.41) is 9.21. The first-order chi connectivity index (χ1) is 15.3. The molecule has 0 bridgehead atoms. The van der Waals surface area contributed by atoms with E-state index in [4.69, 9.17) is 4.74 Å². The van der Waals surface area contributed by atoms with E-state index in [1.807, 2.05) is 106 Å². The van der Waals surface area contributed by atoms with Crippen LogP contribution < -0.4 is 4.74 Å². The summed E-state index contributed by atoms with van der Waals surface area (Å²) in [5.41, 5.74) is 2.00. The number of rotatable bonds is 9. The zero-order valence-electron chi connectivity index (χ0n) is 19.6. The van der Waals surface area contributed by atoms with Gasteiger partial charge < -0.3 is 9.64 Å². The van der Waals surface area contributed by atoms with Crippen molar-refractivity contribution >= 4 is 17.7 Å². The van der Waals surface area contributed by atoms with Gasteiger partial charge in [0.2, 0.25) is 5.91 Å². The molecule has 2 aromatic carbocycles. The van der Waals surface area contributed by atoms with E-state index in [0.29, 0.717) is 11.0 Å². The van der Waals surface area contributed by atoms with Crippen LogP contribution >= 0.6 is 11.8 Å². The molecule has 0 N–H and O–H groups in total. The molecule has 1 heterocycles. The Morgan fingerprint density at radius 1 is 0.969 bits per heavy atom. The number of hydrogen-bond acceptors (Lipinski definition) is 5. The van der Waals surface area contributed by atoms with E-state index in [9.17, 15) is 4.79 Å². The largest absolute Gasteiger partial charge is 0.485 e. The molecular weight excluding hydrogens is 420 g/mol. The van der Waals surface area contributed by atoms with Crippen LogP contribution in [0.4, 0.5) is 0 Å². The summed E-state index contributed by atoms with van der Waals surface area (Å²) in [4.78, 5) is 15.1. The summed E-state index contributed by atoms with van der Waals surface area (Å²) < 4.78 is 8.02. The van der Waals surface area contributed by atoms with E-state index in [1.54, 1.807) is 0 Å². The Morgan fingerprint density at radius 3 is 2.22 bits per heavy atom. The van der Waals surface area contributed by atoms with Crippen molar-refractivity contribution in [2.75, 3.05) is 0 Å². The number of carbonyl (C=O) groups is 1. The standard InChI is InChI=1S/C25H32N4O2S/c1-17(2)28(18(3)4)24(30)20(6)32-25-27-26-23(29(25)21-13-8-7-9-14-21)16-31-22-15-11-10-12-19(22)5/h7-15,17-18,20H,16H2,1-6H3. The molecule has 1 amide bonds. The number of hydrogen-bond donors (Lipinski definition) is 0. The maximum atomic E-state index is 13.2. The molecule has 0 radical (unpaired) electrons. The fourth-order valence-corrected chi connectivity index (χ4v) is 4.63.